The molecule has 18 heavy (non-hydrogen) atoms. The van der Waals surface area contributed by atoms with Crippen LogP contribution in [0.15, 0.2) is 11.4 Å². The zero-order valence-corrected chi connectivity index (χ0v) is 12.0. The molecule has 0 spiro atoms. The minimum atomic E-state index is -0.894. The maximum absolute atomic E-state index is 11.8. The van der Waals surface area contributed by atoms with Gasteiger partial charge in [0.05, 0.1) is 13.1 Å². The highest BCUT2D eigenvalue weighted by Gasteiger charge is 2.47. The number of aliphatic hydroxyl groups is 1. The van der Waals surface area contributed by atoms with Gasteiger partial charge in [-0.25, -0.2) is 4.79 Å². The van der Waals surface area contributed by atoms with Gasteiger partial charge in [-0.3, -0.25) is 0 Å². The average Bonchev–Trinajstić information content (AvgIpc) is 2.57. The van der Waals surface area contributed by atoms with Crippen LogP contribution in [0, 0.1) is 6.92 Å². The van der Waals surface area contributed by atoms with Gasteiger partial charge in [-0.2, -0.15) is 0 Å². The minimum Gasteiger partial charge on any atom is -0.444 e. The molecule has 1 aliphatic rings. The van der Waals surface area contributed by atoms with Gasteiger partial charge in [0.25, 0.3) is 0 Å². The zero-order valence-electron chi connectivity index (χ0n) is 11.2. The Hall–Kier alpha value is -1.07. The lowest BCUT2D eigenvalue weighted by molar-refractivity contribution is -0.101. The van der Waals surface area contributed by atoms with Gasteiger partial charge in [-0.05, 0) is 44.7 Å². The summed E-state index contributed by atoms with van der Waals surface area (Å²) in [6.45, 7) is 8.09. The van der Waals surface area contributed by atoms with Gasteiger partial charge in [-0.15, -0.1) is 11.3 Å². The number of hydrogen-bond acceptors (Lipinski definition) is 4. The van der Waals surface area contributed by atoms with Crippen molar-refractivity contribution < 1.29 is 14.6 Å². The van der Waals surface area contributed by atoms with E-state index in [-0.39, 0.29) is 6.09 Å². The molecule has 1 aliphatic heterocycles. The van der Waals surface area contributed by atoms with E-state index in [1.165, 1.54) is 16.2 Å². The first-order chi connectivity index (χ1) is 8.21. The van der Waals surface area contributed by atoms with Gasteiger partial charge in [-0.1, -0.05) is 0 Å². The summed E-state index contributed by atoms with van der Waals surface area (Å²) < 4.78 is 5.26. The highest BCUT2D eigenvalue weighted by atomic mass is 32.1. The van der Waals surface area contributed by atoms with Gasteiger partial charge in [0.1, 0.15) is 11.2 Å². The van der Waals surface area contributed by atoms with Gasteiger partial charge < -0.3 is 14.7 Å². The number of nitrogens with zero attached hydrogens (tertiary/aromatic N) is 1. The molecule has 0 bridgehead atoms. The monoisotopic (exact) mass is 269 g/mol. The Kier molecular flexibility index (Phi) is 3.15. The van der Waals surface area contributed by atoms with Gasteiger partial charge in [0.2, 0.25) is 0 Å². The van der Waals surface area contributed by atoms with Crippen LogP contribution in [0.4, 0.5) is 4.79 Å². The lowest BCUT2D eigenvalue weighted by atomic mass is 9.91. The summed E-state index contributed by atoms with van der Waals surface area (Å²) in [5, 5.41) is 12.4. The number of ether oxygens (including phenoxy) is 1. The summed E-state index contributed by atoms with van der Waals surface area (Å²) in [4.78, 5) is 14.3. The molecule has 1 aromatic rings. The molecule has 1 aromatic heterocycles. The normalized spacial score (nSPS) is 18.4. The second-order valence-corrected chi connectivity index (χ2v) is 6.72. The van der Waals surface area contributed by atoms with Crippen molar-refractivity contribution in [1.82, 2.24) is 4.90 Å². The van der Waals surface area contributed by atoms with Crippen molar-refractivity contribution in [2.24, 2.45) is 0 Å². The number of amides is 1. The Morgan fingerprint density at radius 2 is 2.11 bits per heavy atom. The van der Waals surface area contributed by atoms with Crippen molar-refractivity contribution >= 4 is 17.4 Å². The molecular formula is C13H19NO3S. The van der Waals surface area contributed by atoms with Crippen LogP contribution in [0.5, 0.6) is 0 Å². The third kappa shape index (κ3) is 2.52. The number of thiophene rings is 1. The molecule has 1 saturated heterocycles. The van der Waals surface area contributed by atoms with E-state index in [1.807, 2.05) is 39.1 Å². The van der Waals surface area contributed by atoms with Crippen LogP contribution in [-0.4, -0.2) is 34.8 Å². The summed E-state index contributed by atoms with van der Waals surface area (Å²) in [5.41, 5.74) is -0.315. The Labute approximate surface area is 111 Å². The van der Waals surface area contributed by atoms with Crippen LogP contribution in [0.25, 0.3) is 0 Å². The fourth-order valence-electron chi connectivity index (χ4n) is 2.03. The highest BCUT2D eigenvalue weighted by Crippen LogP contribution is 2.37. The summed E-state index contributed by atoms with van der Waals surface area (Å²) in [6, 6.07) is 1.98. The summed E-state index contributed by atoms with van der Waals surface area (Å²) in [6.07, 6.45) is -0.360. The van der Waals surface area contributed by atoms with Crippen molar-refractivity contribution in [3.63, 3.8) is 0 Å². The van der Waals surface area contributed by atoms with E-state index in [9.17, 15) is 9.90 Å². The van der Waals surface area contributed by atoms with E-state index in [2.05, 4.69) is 0 Å². The highest BCUT2D eigenvalue weighted by molar-refractivity contribution is 7.10. The van der Waals surface area contributed by atoms with Gasteiger partial charge >= 0.3 is 6.09 Å². The molecule has 2 heterocycles. The van der Waals surface area contributed by atoms with Crippen LogP contribution >= 0.6 is 11.3 Å². The Morgan fingerprint density at radius 3 is 2.56 bits per heavy atom. The molecule has 5 heteroatoms. The van der Waals surface area contributed by atoms with Crippen LogP contribution in [-0.2, 0) is 10.3 Å². The number of aryl methyl sites for hydroxylation is 1. The molecule has 0 aromatic carbocycles. The zero-order chi connectivity index (χ0) is 13.6. The number of carbonyl (C=O) groups is 1. The van der Waals surface area contributed by atoms with Crippen molar-refractivity contribution in [3.05, 3.63) is 21.9 Å². The van der Waals surface area contributed by atoms with Crippen LogP contribution in [0.3, 0.4) is 0 Å². The first kappa shape index (κ1) is 13.4. The smallest absolute Gasteiger partial charge is 0.410 e. The molecule has 1 N–H and O–H groups in total. The van der Waals surface area contributed by atoms with Gasteiger partial charge in [0, 0.05) is 4.88 Å². The minimum absolute atomic E-state index is 0.309. The van der Waals surface area contributed by atoms with E-state index in [0.29, 0.717) is 13.1 Å². The van der Waals surface area contributed by atoms with E-state index in [0.717, 1.165) is 10.4 Å². The molecule has 1 fully saturated rings. The number of likely N-dealkylation sites (tertiary alicyclic amines) is 1. The average molecular weight is 269 g/mol. The molecule has 0 atom stereocenters. The molecule has 1 amide bonds. The number of rotatable bonds is 1. The van der Waals surface area contributed by atoms with Crippen LogP contribution < -0.4 is 0 Å². The van der Waals surface area contributed by atoms with Crippen molar-refractivity contribution in [3.8, 4) is 0 Å². The largest absolute Gasteiger partial charge is 0.444 e. The fraction of sp³-hybridized carbons (Fsp3) is 0.615. The SMILES string of the molecule is Cc1ccsc1C1(O)CN(C(=O)OC(C)(C)C)C1. The fourth-order valence-corrected chi connectivity index (χ4v) is 3.04. The van der Waals surface area contributed by atoms with Crippen LogP contribution in [0.2, 0.25) is 0 Å². The Morgan fingerprint density at radius 1 is 1.50 bits per heavy atom. The van der Waals surface area contributed by atoms with E-state index in [4.69, 9.17) is 4.74 Å². The number of β-amino-alcohol motifs (C(OH)–C–C–N with tert-alkyl or cyclic N) is 1. The Bertz CT molecular complexity index is 455. The second-order valence-electron chi connectivity index (χ2n) is 5.80. The predicted octanol–water partition coefficient (Wildman–Crippen LogP) is 2.49. The molecule has 0 unspecified atom stereocenters. The first-order valence-corrected chi connectivity index (χ1v) is 6.84. The molecule has 4 nitrogen and oxygen atoms in total. The summed E-state index contributed by atoms with van der Waals surface area (Å²) in [5.74, 6) is 0. The second kappa shape index (κ2) is 4.24. The van der Waals surface area contributed by atoms with E-state index in [1.54, 1.807) is 0 Å². The van der Waals surface area contributed by atoms with Crippen molar-refractivity contribution in [1.29, 1.82) is 0 Å². The lowest BCUT2D eigenvalue weighted by Crippen LogP contribution is -2.61. The molecule has 100 valence electrons. The number of hydrogen-bond donors (Lipinski definition) is 1. The maximum Gasteiger partial charge on any atom is 0.410 e. The molecule has 0 radical (unpaired) electrons. The molecular weight excluding hydrogens is 250 g/mol. The van der Waals surface area contributed by atoms with Gasteiger partial charge in [0.15, 0.2) is 0 Å². The van der Waals surface area contributed by atoms with Crippen LogP contribution in [0.1, 0.15) is 31.2 Å². The third-order valence-corrected chi connectivity index (χ3v) is 4.05. The van der Waals surface area contributed by atoms with Crippen molar-refractivity contribution in [2.45, 2.75) is 38.9 Å². The molecule has 0 aliphatic carbocycles. The first-order valence-electron chi connectivity index (χ1n) is 5.96. The maximum atomic E-state index is 11.8. The lowest BCUT2D eigenvalue weighted by Gasteiger charge is -2.46. The summed E-state index contributed by atoms with van der Waals surface area (Å²) >= 11 is 1.53. The van der Waals surface area contributed by atoms with Crippen molar-refractivity contribution in [2.75, 3.05) is 13.1 Å². The topological polar surface area (TPSA) is 49.8 Å². The van der Waals surface area contributed by atoms with E-state index < -0.39 is 11.2 Å². The Balaban J connectivity index is 1.98. The predicted molar refractivity (Wildman–Crippen MR) is 70.8 cm³/mol. The quantitative estimate of drug-likeness (QED) is 0.852. The third-order valence-electron chi connectivity index (χ3n) is 2.84. The molecule has 2 rings (SSSR count). The standard InChI is InChI=1S/C13H19NO3S/c1-9-5-6-18-10(9)13(16)7-14(8-13)11(15)17-12(2,3)4/h5-6,16H,7-8H2,1-4H3. The van der Waals surface area contributed by atoms with E-state index >= 15 is 0 Å². The summed E-state index contributed by atoms with van der Waals surface area (Å²) in [7, 11) is 0. The number of carbonyl (C=O) groups excluding carboxylic acids is 1. The molecule has 0 saturated carbocycles.